The van der Waals surface area contributed by atoms with Gasteiger partial charge in [-0.1, -0.05) is 12.1 Å². The van der Waals surface area contributed by atoms with Gasteiger partial charge in [0.1, 0.15) is 0 Å². The lowest BCUT2D eigenvalue weighted by atomic mass is 9.93. The normalized spacial score (nSPS) is 21.0. The molecule has 2 fully saturated rings. The first kappa shape index (κ1) is 24.8. The monoisotopic (exact) mass is 486 g/mol. The van der Waals surface area contributed by atoms with E-state index in [1.54, 1.807) is 32.2 Å². The van der Waals surface area contributed by atoms with E-state index in [1.807, 2.05) is 4.90 Å². The topological polar surface area (TPSA) is 101 Å². The van der Waals surface area contributed by atoms with Crippen LogP contribution in [0, 0.1) is 5.92 Å². The van der Waals surface area contributed by atoms with Gasteiger partial charge in [-0.25, -0.2) is 9.59 Å². The van der Waals surface area contributed by atoms with Crippen molar-refractivity contribution in [2.75, 3.05) is 60.6 Å². The molecule has 0 radical (unpaired) electrons. The van der Waals surface area contributed by atoms with Gasteiger partial charge in [-0.3, -0.25) is 14.6 Å². The van der Waals surface area contributed by atoms with Gasteiger partial charge in [0.2, 0.25) is 5.91 Å². The predicted octanol–water partition coefficient (Wildman–Crippen LogP) is 1.77. The molecule has 1 N–H and O–H groups in total. The number of methoxy groups -OCH3 is 2. The fourth-order valence-electron chi connectivity index (χ4n) is 4.70. The average Bonchev–Trinajstić information content (AvgIpc) is 3.71. The summed E-state index contributed by atoms with van der Waals surface area (Å²) < 4.78 is 16.5. The van der Waals surface area contributed by atoms with E-state index in [2.05, 4.69) is 10.2 Å². The highest BCUT2D eigenvalue weighted by atomic mass is 16.5. The van der Waals surface area contributed by atoms with Crippen LogP contribution >= 0.6 is 0 Å². The second-order valence-electron chi connectivity index (χ2n) is 8.98. The van der Waals surface area contributed by atoms with Gasteiger partial charge in [-0.2, -0.15) is 0 Å². The number of piperazine rings is 1. The van der Waals surface area contributed by atoms with Crippen LogP contribution < -0.4 is 14.8 Å². The fraction of sp³-hybridized carbons (Fsp3) is 0.560. The molecule has 0 bridgehead atoms. The Balaban J connectivity index is 1.67. The lowest BCUT2D eigenvalue weighted by Crippen LogP contribution is -2.53. The number of hydrogen-bond acceptors (Lipinski definition) is 7. The van der Waals surface area contributed by atoms with Crippen molar-refractivity contribution in [1.82, 2.24) is 20.0 Å². The van der Waals surface area contributed by atoms with Gasteiger partial charge in [0, 0.05) is 56.9 Å². The highest BCUT2D eigenvalue weighted by molar-refractivity contribution is 5.95. The molecule has 35 heavy (non-hydrogen) atoms. The van der Waals surface area contributed by atoms with Crippen LogP contribution in [0.25, 0.3) is 0 Å². The Morgan fingerprint density at radius 1 is 1.09 bits per heavy atom. The lowest BCUT2D eigenvalue weighted by Gasteiger charge is -2.39. The molecule has 1 saturated carbocycles. The number of rotatable bonds is 8. The molecule has 190 valence electrons. The van der Waals surface area contributed by atoms with Crippen molar-refractivity contribution in [2.24, 2.45) is 5.92 Å². The van der Waals surface area contributed by atoms with Crippen LogP contribution in [0.5, 0.6) is 11.5 Å². The molecule has 2 aliphatic heterocycles. The zero-order chi connectivity index (χ0) is 25.1. The number of nitrogens with zero attached hydrogens (tertiary/aromatic N) is 3. The predicted molar refractivity (Wildman–Crippen MR) is 128 cm³/mol. The van der Waals surface area contributed by atoms with Gasteiger partial charge < -0.3 is 24.4 Å². The molecule has 1 atom stereocenters. The molecule has 1 saturated heterocycles. The summed E-state index contributed by atoms with van der Waals surface area (Å²) in [6.45, 7) is 4.95. The second kappa shape index (κ2) is 10.6. The maximum atomic E-state index is 13.3. The van der Waals surface area contributed by atoms with Gasteiger partial charge in [-0.05, 0) is 25.8 Å². The van der Waals surface area contributed by atoms with Gasteiger partial charge in [-0.15, -0.1) is 0 Å². The Morgan fingerprint density at radius 2 is 1.80 bits per heavy atom. The maximum Gasteiger partial charge on any atom is 0.338 e. The summed E-state index contributed by atoms with van der Waals surface area (Å²) in [6.07, 6.45) is 1.98. The molecule has 3 aliphatic rings. The van der Waals surface area contributed by atoms with Crippen LogP contribution in [0.4, 0.5) is 4.79 Å². The Hall–Kier alpha value is -3.27. The Morgan fingerprint density at radius 3 is 2.40 bits per heavy atom. The van der Waals surface area contributed by atoms with Crippen LogP contribution in [-0.4, -0.2) is 93.2 Å². The third kappa shape index (κ3) is 5.07. The number of carbonyl (C=O) groups is 3. The highest BCUT2D eigenvalue weighted by Crippen LogP contribution is 2.40. The van der Waals surface area contributed by atoms with Crippen LogP contribution in [0.15, 0.2) is 29.5 Å². The molecule has 1 unspecified atom stereocenters. The molecule has 1 aromatic carbocycles. The van der Waals surface area contributed by atoms with E-state index in [4.69, 9.17) is 14.2 Å². The number of amides is 3. The van der Waals surface area contributed by atoms with Crippen molar-refractivity contribution in [3.05, 3.63) is 35.0 Å². The quantitative estimate of drug-likeness (QED) is 0.559. The zero-order valence-electron chi connectivity index (χ0n) is 20.8. The van der Waals surface area contributed by atoms with Crippen molar-refractivity contribution < 1.29 is 28.6 Å². The number of nitrogens with one attached hydrogen (secondary N) is 1. The van der Waals surface area contributed by atoms with E-state index < -0.39 is 12.0 Å². The summed E-state index contributed by atoms with van der Waals surface area (Å²) in [5.41, 5.74) is 1.54. The molecule has 10 heteroatoms. The first-order valence-corrected chi connectivity index (χ1v) is 12.1. The van der Waals surface area contributed by atoms with Crippen molar-refractivity contribution in [3.63, 3.8) is 0 Å². The standard InChI is InChI=1S/C25H34N4O6/c1-5-35-24(31)20-18(15-28-11-13-29(14-12-28)23(30)16-9-10-16)27(2)25(32)26-21(20)17-7-6-8-19(33-3)22(17)34-4/h6-8,16,21H,5,9-15H2,1-4H3,(H,26,32). The van der Waals surface area contributed by atoms with Crippen LogP contribution in [0.1, 0.15) is 31.4 Å². The third-order valence-corrected chi connectivity index (χ3v) is 6.80. The van der Waals surface area contributed by atoms with Crippen LogP contribution in [0.2, 0.25) is 0 Å². The molecule has 2 heterocycles. The molecule has 0 aromatic heterocycles. The first-order valence-electron chi connectivity index (χ1n) is 12.1. The van der Waals surface area contributed by atoms with Crippen molar-refractivity contribution >= 4 is 17.9 Å². The summed E-state index contributed by atoms with van der Waals surface area (Å²) >= 11 is 0. The molecule has 0 spiro atoms. The number of esters is 1. The zero-order valence-corrected chi connectivity index (χ0v) is 20.8. The van der Waals surface area contributed by atoms with E-state index in [0.29, 0.717) is 61.1 Å². The number of carbonyl (C=O) groups excluding carboxylic acids is 3. The van der Waals surface area contributed by atoms with Crippen LogP contribution in [-0.2, 0) is 14.3 Å². The highest BCUT2D eigenvalue weighted by Gasteiger charge is 2.40. The van der Waals surface area contributed by atoms with Gasteiger partial charge in [0.05, 0.1) is 32.4 Å². The van der Waals surface area contributed by atoms with E-state index >= 15 is 0 Å². The number of hydrogen-bond donors (Lipinski definition) is 1. The molecule has 1 aliphatic carbocycles. The minimum Gasteiger partial charge on any atom is -0.493 e. The smallest absolute Gasteiger partial charge is 0.338 e. The summed E-state index contributed by atoms with van der Waals surface area (Å²) in [4.78, 5) is 44.3. The number of urea groups is 1. The van der Waals surface area contributed by atoms with Gasteiger partial charge in [0.15, 0.2) is 11.5 Å². The molecular weight excluding hydrogens is 452 g/mol. The van der Waals surface area contributed by atoms with E-state index in [-0.39, 0.29) is 24.5 Å². The minimum atomic E-state index is -0.768. The number of likely N-dealkylation sites (N-methyl/N-ethyl adjacent to an activating group) is 1. The summed E-state index contributed by atoms with van der Waals surface area (Å²) in [5, 5.41) is 2.93. The lowest BCUT2D eigenvalue weighted by molar-refractivity contribution is -0.139. The van der Waals surface area contributed by atoms with Gasteiger partial charge >= 0.3 is 12.0 Å². The summed E-state index contributed by atoms with van der Waals surface area (Å²) in [7, 11) is 4.71. The summed E-state index contributed by atoms with van der Waals surface area (Å²) in [6, 6.07) is 4.26. The first-order chi connectivity index (χ1) is 16.9. The average molecular weight is 487 g/mol. The Labute approximate surface area is 205 Å². The molecule has 1 aromatic rings. The number of ether oxygens (including phenoxy) is 3. The molecular formula is C25H34N4O6. The fourth-order valence-corrected chi connectivity index (χ4v) is 4.70. The number of para-hydroxylation sites is 1. The Bertz CT molecular complexity index is 1010. The SMILES string of the molecule is CCOC(=O)C1=C(CN2CCN(C(=O)C3CC3)CC2)N(C)C(=O)NC1c1cccc(OC)c1OC. The second-order valence-corrected chi connectivity index (χ2v) is 8.98. The maximum absolute atomic E-state index is 13.3. The molecule has 3 amide bonds. The van der Waals surface area contributed by atoms with Crippen molar-refractivity contribution in [3.8, 4) is 11.5 Å². The van der Waals surface area contributed by atoms with Gasteiger partial charge in [0.25, 0.3) is 0 Å². The van der Waals surface area contributed by atoms with E-state index in [9.17, 15) is 14.4 Å². The van der Waals surface area contributed by atoms with E-state index in [1.165, 1.54) is 19.1 Å². The van der Waals surface area contributed by atoms with E-state index in [0.717, 1.165) is 12.8 Å². The minimum absolute atomic E-state index is 0.200. The Kier molecular flexibility index (Phi) is 7.49. The third-order valence-electron chi connectivity index (χ3n) is 6.80. The molecule has 10 nitrogen and oxygen atoms in total. The molecule has 4 rings (SSSR count). The van der Waals surface area contributed by atoms with Crippen LogP contribution in [0.3, 0.4) is 0 Å². The number of benzene rings is 1. The van der Waals surface area contributed by atoms with Crippen molar-refractivity contribution in [1.29, 1.82) is 0 Å². The van der Waals surface area contributed by atoms with Crippen molar-refractivity contribution in [2.45, 2.75) is 25.8 Å². The largest absolute Gasteiger partial charge is 0.493 e. The summed E-state index contributed by atoms with van der Waals surface area (Å²) in [5.74, 6) is 0.895.